The Morgan fingerprint density at radius 1 is 1.05 bits per heavy atom. The van der Waals surface area contributed by atoms with Gasteiger partial charge in [0.15, 0.2) is 0 Å². The Labute approximate surface area is 110 Å². The molecule has 1 atom stereocenters. The molecule has 100 valence electrons. The molecule has 19 heavy (non-hydrogen) atoms. The van der Waals surface area contributed by atoms with Crippen LogP contribution in [0.15, 0.2) is 48.5 Å². The molecule has 0 aliphatic rings. The summed E-state index contributed by atoms with van der Waals surface area (Å²) in [6.45, 7) is -0.0266. The number of aliphatic hydroxyl groups excluding tert-OH is 1. The number of phenolic OH excluding ortho intramolecular Hbond substituents is 1. The summed E-state index contributed by atoms with van der Waals surface area (Å²) in [7, 11) is 0. The fraction of sp³-hybridized carbons (Fsp3) is 0.200. The summed E-state index contributed by atoms with van der Waals surface area (Å²) >= 11 is 0. The number of hydrogen-bond donors (Lipinski definition) is 2. The van der Waals surface area contributed by atoms with Crippen molar-refractivity contribution >= 4 is 0 Å². The van der Waals surface area contributed by atoms with Crippen molar-refractivity contribution in [1.82, 2.24) is 0 Å². The van der Waals surface area contributed by atoms with Crippen LogP contribution in [0.3, 0.4) is 0 Å². The predicted molar refractivity (Wildman–Crippen MR) is 69.8 cm³/mol. The van der Waals surface area contributed by atoms with E-state index < -0.39 is 5.92 Å². The molecular weight excluding hydrogens is 247 g/mol. The van der Waals surface area contributed by atoms with E-state index in [2.05, 4.69) is 0 Å². The SMILES string of the molecule is OCC(COc1ccc(O)cc1)c1ccccc1F. The van der Waals surface area contributed by atoms with E-state index in [4.69, 9.17) is 9.84 Å². The van der Waals surface area contributed by atoms with Crippen LogP contribution < -0.4 is 4.74 Å². The van der Waals surface area contributed by atoms with Gasteiger partial charge < -0.3 is 14.9 Å². The molecule has 2 aromatic rings. The van der Waals surface area contributed by atoms with Crippen molar-refractivity contribution in [3.05, 3.63) is 59.9 Å². The third kappa shape index (κ3) is 3.45. The average molecular weight is 262 g/mol. The van der Waals surface area contributed by atoms with Gasteiger partial charge in [-0.1, -0.05) is 18.2 Å². The van der Waals surface area contributed by atoms with Gasteiger partial charge in [-0.15, -0.1) is 0 Å². The third-order valence-electron chi connectivity index (χ3n) is 2.85. The highest BCUT2D eigenvalue weighted by Crippen LogP contribution is 2.22. The van der Waals surface area contributed by atoms with Crippen molar-refractivity contribution in [3.63, 3.8) is 0 Å². The van der Waals surface area contributed by atoms with Crippen LogP contribution in [0.25, 0.3) is 0 Å². The first kappa shape index (κ1) is 13.4. The van der Waals surface area contributed by atoms with Gasteiger partial charge in [-0.25, -0.2) is 4.39 Å². The first-order chi connectivity index (χ1) is 9.20. The van der Waals surface area contributed by atoms with Crippen molar-refractivity contribution in [3.8, 4) is 11.5 Å². The summed E-state index contributed by atoms with van der Waals surface area (Å²) in [5.41, 5.74) is 0.434. The number of halogens is 1. The molecule has 2 aromatic carbocycles. The summed E-state index contributed by atoms with van der Waals surface area (Å²) in [6, 6.07) is 12.6. The van der Waals surface area contributed by atoms with E-state index in [0.29, 0.717) is 11.3 Å². The van der Waals surface area contributed by atoms with E-state index in [-0.39, 0.29) is 24.8 Å². The van der Waals surface area contributed by atoms with Crippen molar-refractivity contribution < 1.29 is 19.3 Å². The van der Waals surface area contributed by atoms with Gasteiger partial charge in [-0.05, 0) is 35.9 Å². The first-order valence-electron chi connectivity index (χ1n) is 5.98. The lowest BCUT2D eigenvalue weighted by Gasteiger charge is -2.16. The Bertz CT molecular complexity index is 525. The van der Waals surface area contributed by atoms with Crippen LogP contribution in [0.2, 0.25) is 0 Å². The zero-order valence-corrected chi connectivity index (χ0v) is 10.3. The molecule has 2 N–H and O–H groups in total. The topological polar surface area (TPSA) is 49.7 Å². The Hall–Kier alpha value is -2.07. The highest BCUT2D eigenvalue weighted by molar-refractivity contribution is 5.30. The Balaban J connectivity index is 2.04. The van der Waals surface area contributed by atoms with Crippen molar-refractivity contribution in [2.75, 3.05) is 13.2 Å². The number of rotatable bonds is 5. The Kier molecular flexibility index (Phi) is 4.36. The minimum absolute atomic E-state index is 0.153. The second-order valence-corrected chi connectivity index (χ2v) is 4.21. The highest BCUT2D eigenvalue weighted by Gasteiger charge is 2.15. The van der Waals surface area contributed by atoms with Gasteiger partial charge in [0.2, 0.25) is 0 Å². The molecule has 2 rings (SSSR count). The summed E-state index contributed by atoms with van der Waals surface area (Å²) in [5, 5.41) is 18.5. The molecule has 0 aliphatic carbocycles. The Morgan fingerprint density at radius 2 is 1.74 bits per heavy atom. The van der Waals surface area contributed by atoms with Crippen molar-refractivity contribution in [2.24, 2.45) is 0 Å². The van der Waals surface area contributed by atoms with Gasteiger partial charge in [0.1, 0.15) is 17.3 Å². The summed E-state index contributed by atoms with van der Waals surface area (Å²) in [5.74, 6) is -0.0568. The fourth-order valence-corrected chi connectivity index (χ4v) is 1.79. The molecule has 1 unspecified atom stereocenters. The van der Waals surface area contributed by atoms with E-state index in [1.165, 1.54) is 18.2 Å². The highest BCUT2D eigenvalue weighted by atomic mass is 19.1. The van der Waals surface area contributed by atoms with E-state index in [0.717, 1.165) is 0 Å². The van der Waals surface area contributed by atoms with Gasteiger partial charge in [0.25, 0.3) is 0 Å². The maximum Gasteiger partial charge on any atom is 0.126 e. The number of ether oxygens (including phenoxy) is 1. The quantitative estimate of drug-likeness (QED) is 0.871. The molecule has 3 nitrogen and oxygen atoms in total. The normalized spacial score (nSPS) is 12.1. The number of phenols is 1. The van der Waals surface area contributed by atoms with E-state index >= 15 is 0 Å². The lowest BCUT2D eigenvalue weighted by molar-refractivity contribution is 0.202. The van der Waals surface area contributed by atoms with Crippen molar-refractivity contribution in [2.45, 2.75) is 5.92 Å². The molecule has 0 saturated carbocycles. The minimum atomic E-state index is -0.421. The van der Waals surface area contributed by atoms with Crippen LogP contribution >= 0.6 is 0 Å². The maximum atomic E-state index is 13.6. The predicted octanol–water partition coefficient (Wildman–Crippen LogP) is 2.69. The van der Waals surface area contributed by atoms with Crippen molar-refractivity contribution in [1.29, 1.82) is 0 Å². The minimum Gasteiger partial charge on any atom is -0.508 e. The number of aliphatic hydroxyl groups is 1. The lowest BCUT2D eigenvalue weighted by atomic mass is 10.0. The van der Waals surface area contributed by atoms with Crippen LogP contribution in [0.5, 0.6) is 11.5 Å². The molecule has 0 fully saturated rings. The zero-order valence-electron chi connectivity index (χ0n) is 10.3. The average Bonchev–Trinajstić information content (AvgIpc) is 2.43. The largest absolute Gasteiger partial charge is 0.508 e. The van der Waals surface area contributed by atoms with Gasteiger partial charge in [-0.3, -0.25) is 0 Å². The molecule has 0 bridgehead atoms. The van der Waals surface area contributed by atoms with Gasteiger partial charge in [0.05, 0.1) is 13.2 Å². The van der Waals surface area contributed by atoms with E-state index in [1.807, 2.05) is 0 Å². The molecular formula is C15H15FO3. The third-order valence-corrected chi connectivity index (χ3v) is 2.85. The number of benzene rings is 2. The van der Waals surface area contributed by atoms with Gasteiger partial charge >= 0.3 is 0 Å². The van der Waals surface area contributed by atoms with Gasteiger partial charge in [0, 0.05) is 5.92 Å². The van der Waals surface area contributed by atoms with Crippen LogP contribution in [0, 0.1) is 5.82 Å². The molecule has 0 radical (unpaired) electrons. The number of hydrogen-bond acceptors (Lipinski definition) is 3. The lowest BCUT2D eigenvalue weighted by Crippen LogP contribution is -2.15. The van der Waals surface area contributed by atoms with Crippen LogP contribution in [0.1, 0.15) is 11.5 Å². The fourth-order valence-electron chi connectivity index (χ4n) is 1.79. The molecule has 0 aliphatic heterocycles. The second-order valence-electron chi connectivity index (χ2n) is 4.21. The van der Waals surface area contributed by atoms with E-state index in [9.17, 15) is 9.50 Å². The molecule has 0 heterocycles. The molecule has 0 amide bonds. The first-order valence-corrected chi connectivity index (χ1v) is 5.98. The number of aromatic hydroxyl groups is 1. The monoisotopic (exact) mass is 262 g/mol. The standard InChI is InChI=1S/C15H15FO3/c16-15-4-2-1-3-14(15)11(9-17)10-19-13-7-5-12(18)6-8-13/h1-8,11,17-18H,9-10H2. The van der Waals surface area contributed by atoms with Crippen LogP contribution in [-0.2, 0) is 0 Å². The van der Waals surface area contributed by atoms with Crippen LogP contribution in [0.4, 0.5) is 4.39 Å². The summed E-state index contributed by atoms with van der Waals surface area (Å²) in [6.07, 6.45) is 0. The maximum absolute atomic E-state index is 13.6. The molecule has 0 saturated heterocycles. The smallest absolute Gasteiger partial charge is 0.126 e. The second kappa shape index (κ2) is 6.20. The molecule has 4 heteroatoms. The van der Waals surface area contributed by atoms with Gasteiger partial charge in [-0.2, -0.15) is 0 Å². The molecule has 0 aromatic heterocycles. The summed E-state index contributed by atoms with van der Waals surface area (Å²) in [4.78, 5) is 0. The zero-order chi connectivity index (χ0) is 13.7. The van der Waals surface area contributed by atoms with E-state index in [1.54, 1.807) is 30.3 Å². The van der Waals surface area contributed by atoms with Crippen LogP contribution in [-0.4, -0.2) is 23.4 Å². The summed E-state index contributed by atoms with van der Waals surface area (Å²) < 4.78 is 19.1. The molecule has 0 spiro atoms. The Morgan fingerprint density at radius 3 is 2.37 bits per heavy atom.